The normalized spacial score (nSPS) is 10.3. The molecule has 2 nitrogen and oxygen atoms in total. The van der Waals surface area contributed by atoms with Crippen LogP contribution in [0.5, 0.6) is 0 Å². The first-order chi connectivity index (χ1) is 7.18. The van der Waals surface area contributed by atoms with Gasteiger partial charge in [-0.15, -0.1) is 0 Å². The van der Waals surface area contributed by atoms with Gasteiger partial charge in [-0.25, -0.2) is 0 Å². The lowest BCUT2D eigenvalue weighted by molar-refractivity contribution is 0.601. The van der Waals surface area contributed by atoms with E-state index in [0.717, 1.165) is 5.57 Å². The Morgan fingerprint density at radius 1 is 1.27 bits per heavy atom. The number of hydrogen-bond donors (Lipinski definition) is 0. The summed E-state index contributed by atoms with van der Waals surface area (Å²) in [5.74, 6) is 0. The van der Waals surface area contributed by atoms with Gasteiger partial charge in [-0.1, -0.05) is 17.7 Å². The fraction of sp³-hybridized carbons (Fsp3) is 0.154. The van der Waals surface area contributed by atoms with Crippen molar-refractivity contribution >= 4 is 17.0 Å². The molecule has 0 aliphatic rings. The fourth-order valence-corrected chi connectivity index (χ4v) is 1.50. The minimum Gasteiger partial charge on any atom is -0.463 e. The second-order valence-electron chi connectivity index (χ2n) is 3.74. The van der Waals surface area contributed by atoms with Crippen LogP contribution in [-0.4, -0.2) is 0 Å². The van der Waals surface area contributed by atoms with E-state index in [4.69, 9.17) is 4.42 Å². The van der Waals surface area contributed by atoms with E-state index < -0.39 is 0 Å². The van der Waals surface area contributed by atoms with E-state index in [-0.39, 0.29) is 5.43 Å². The first kappa shape index (κ1) is 9.71. The molecule has 76 valence electrons. The molecule has 0 saturated carbocycles. The third kappa shape index (κ3) is 1.84. The fourth-order valence-electron chi connectivity index (χ4n) is 1.50. The standard InChI is InChI=1S/C13H12O2/c1-9(2)7-10-8-15-12-6-4-3-5-11(12)13(10)14/h3-8H,1-2H3. The average molecular weight is 200 g/mol. The molecule has 0 N–H and O–H groups in total. The largest absolute Gasteiger partial charge is 0.463 e. The molecule has 0 aliphatic heterocycles. The summed E-state index contributed by atoms with van der Waals surface area (Å²) in [6, 6.07) is 7.27. The van der Waals surface area contributed by atoms with Crippen LogP contribution in [0, 0.1) is 0 Å². The lowest BCUT2D eigenvalue weighted by atomic mass is 10.1. The SMILES string of the molecule is CC(C)=Cc1coc2ccccc2c1=O. The van der Waals surface area contributed by atoms with Gasteiger partial charge in [-0.3, -0.25) is 4.79 Å². The van der Waals surface area contributed by atoms with E-state index in [0.29, 0.717) is 16.5 Å². The van der Waals surface area contributed by atoms with Crippen molar-refractivity contribution in [3.05, 3.63) is 51.9 Å². The van der Waals surface area contributed by atoms with Gasteiger partial charge in [0, 0.05) is 0 Å². The smallest absolute Gasteiger partial charge is 0.199 e. The first-order valence-corrected chi connectivity index (χ1v) is 4.84. The lowest BCUT2D eigenvalue weighted by Crippen LogP contribution is -2.04. The Morgan fingerprint density at radius 2 is 2.00 bits per heavy atom. The van der Waals surface area contributed by atoms with Gasteiger partial charge < -0.3 is 4.42 Å². The van der Waals surface area contributed by atoms with Crippen LogP contribution >= 0.6 is 0 Å². The zero-order chi connectivity index (χ0) is 10.8. The highest BCUT2D eigenvalue weighted by atomic mass is 16.3. The third-order valence-corrected chi connectivity index (χ3v) is 2.15. The monoisotopic (exact) mass is 200 g/mol. The second kappa shape index (κ2) is 3.73. The lowest BCUT2D eigenvalue weighted by Gasteiger charge is -1.98. The summed E-state index contributed by atoms with van der Waals surface area (Å²) < 4.78 is 5.38. The number of rotatable bonds is 1. The average Bonchev–Trinajstić information content (AvgIpc) is 2.22. The van der Waals surface area contributed by atoms with Crippen molar-refractivity contribution in [3.63, 3.8) is 0 Å². The molecule has 15 heavy (non-hydrogen) atoms. The maximum absolute atomic E-state index is 12.0. The summed E-state index contributed by atoms with van der Waals surface area (Å²) in [5, 5.41) is 0.632. The van der Waals surface area contributed by atoms with Crippen LogP contribution in [0.15, 0.2) is 45.3 Å². The maximum atomic E-state index is 12.0. The van der Waals surface area contributed by atoms with Crippen LogP contribution in [0.25, 0.3) is 17.0 Å². The minimum absolute atomic E-state index is 0.0260. The molecular formula is C13H12O2. The quantitative estimate of drug-likeness (QED) is 0.707. The molecule has 0 amide bonds. The topological polar surface area (TPSA) is 30.2 Å². The van der Waals surface area contributed by atoms with Crippen molar-refractivity contribution in [2.24, 2.45) is 0 Å². The Balaban J connectivity index is 2.77. The highest BCUT2D eigenvalue weighted by molar-refractivity contribution is 5.78. The van der Waals surface area contributed by atoms with Gasteiger partial charge in [0.05, 0.1) is 10.9 Å². The number of benzene rings is 1. The van der Waals surface area contributed by atoms with E-state index in [2.05, 4.69) is 0 Å². The number of para-hydroxylation sites is 1. The van der Waals surface area contributed by atoms with Crippen LogP contribution in [0.2, 0.25) is 0 Å². The van der Waals surface area contributed by atoms with Gasteiger partial charge in [0.2, 0.25) is 0 Å². The van der Waals surface area contributed by atoms with Gasteiger partial charge in [0.15, 0.2) is 5.43 Å². The summed E-state index contributed by atoms with van der Waals surface area (Å²) in [7, 11) is 0. The Bertz CT molecular complexity index is 572. The Kier molecular flexibility index (Phi) is 2.42. The van der Waals surface area contributed by atoms with Crippen molar-refractivity contribution in [2.75, 3.05) is 0 Å². The van der Waals surface area contributed by atoms with E-state index in [1.807, 2.05) is 32.1 Å². The number of fused-ring (bicyclic) bond motifs is 1. The molecule has 2 heteroatoms. The molecular weight excluding hydrogens is 188 g/mol. The van der Waals surface area contributed by atoms with Crippen molar-refractivity contribution in [1.82, 2.24) is 0 Å². The molecule has 1 aromatic carbocycles. The van der Waals surface area contributed by atoms with Gasteiger partial charge in [0.25, 0.3) is 0 Å². The minimum atomic E-state index is 0.0260. The van der Waals surface area contributed by atoms with E-state index in [1.165, 1.54) is 6.26 Å². The summed E-state index contributed by atoms with van der Waals surface area (Å²) in [6.45, 7) is 3.91. The molecule has 0 fully saturated rings. The Labute approximate surface area is 87.8 Å². The molecule has 0 saturated heterocycles. The summed E-state index contributed by atoms with van der Waals surface area (Å²) in [5.41, 5.74) is 2.35. The summed E-state index contributed by atoms with van der Waals surface area (Å²) in [6.07, 6.45) is 3.34. The van der Waals surface area contributed by atoms with Crippen LogP contribution in [0.3, 0.4) is 0 Å². The maximum Gasteiger partial charge on any atom is 0.199 e. The van der Waals surface area contributed by atoms with Gasteiger partial charge in [0.1, 0.15) is 11.8 Å². The predicted octanol–water partition coefficient (Wildman–Crippen LogP) is 3.22. The zero-order valence-corrected chi connectivity index (χ0v) is 8.78. The molecule has 0 aliphatic carbocycles. The molecule has 0 bridgehead atoms. The Morgan fingerprint density at radius 3 is 2.73 bits per heavy atom. The van der Waals surface area contributed by atoms with Gasteiger partial charge in [-0.2, -0.15) is 0 Å². The zero-order valence-electron chi connectivity index (χ0n) is 8.78. The van der Waals surface area contributed by atoms with Gasteiger partial charge in [-0.05, 0) is 32.1 Å². The Hall–Kier alpha value is -1.83. The highest BCUT2D eigenvalue weighted by Gasteiger charge is 2.03. The van der Waals surface area contributed by atoms with E-state index >= 15 is 0 Å². The summed E-state index contributed by atoms with van der Waals surface area (Å²) >= 11 is 0. The van der Waals surface area contributed by atoms with Crippen molar-refractivity contribution in [2.45, 2.75) is 13.8 Å². The van der Waals surface area contributed by atoms with Crippen LogP contribution in [0.1, 0.15) is 19.4 Å². The molecule has 1 aromatic heterocycles. The first-order valence-electron chi connectivity index (χ1n) is 4.84. The number of allylic oxidation sites excluding steroid dienone is 1. The third-order valence-electron chi connectivity index (χ3n) is 2.15. The molecule has 0 atom stereocenters. The predicted molar refractivity (Wildman–Crippen MR) is 61.8 cm³/mol. The molecule has 0 radical (unpaired) electrons. The van der Waals surface area contributed by atoms with Crippen LogP contribution in [-0.2, 0) is 0 Å². The second-order valence-corrected chi connectivity index (χ2v) is 3.74. The summed E-state index contributed by atoms with van der Waals surface area (Å²) in [4.78, 5) is 12.0. The van der Waals surface area contributed by atoms with E-state index in [1.54, 1.807) is 12.1 Å². The van der Waals surface area contributed by atoms with E-state index in [9.17, 15) is 4.79 Å². The number of hydrogen-bond acceptors (Lipinski definition) is 2. The molecule has 0 spiro atoms. The van der Waals surface area contributed by atoms with Gasteiger partial charge >= 0.3 is 0 Å². The highest BCUT2D eigenvalue weighted by Crippen LogP contribution is 2.11. The van der Waals surface area contributed by atoms with Crippen LogP contribution in [0.4, 0.5) is 0 Å². The molecule has 1 heterocycles. The van der Waals surface area contributed by atoms with Crippen molar-refractivity contribution in [1.29, 1.82) is 0 Å². The van der Waals surface area contributed by atoms with Crippen molar-refractivity contribution < 1.29 is 4.42 Å². The van der Waals surface area contributed by atoms with Crippen molar-refractivity contribution in [3.8, 4) is 0 Å². The van der Waals surface area contributed by atoms with Crippen LogP contribution < -0.4 is 5.43 Å². The molecule has 2 aromatic rings. The molecule has 2 rings (SSSR count). The molecule has 0 unspecified atom stereocenters.